The number of hydrogen-bond acceptors (Lipinski definition) is 4. The topological polar surface area (TPSA) is 57.6 Å². The van der Waals surface area contributed by atoms with E-state index in [9.17, 15) is 13.5 Å². The Kier molecular flexibility index (Phi) is 5.12. The molecule has 0 atom stereocenters. The number of nitrogens with zero attached hydrogens (tertiary/aromatic N) is 1. The van der Waals surface area contributed by atoms with Gasteiger partial charge in [-0.3, -0.25) is 0 Å². The molecular formula is C11H19NO3S2. The molecule has 4 nitrogen and oxygen atoms in total. The lowest BCUT2D eigenvalue weighted by Crippen LogP contribution is -2.28. The van der Waals surface area contributed by atoms with Crippen LogP contribution in [-0.2, 0) is 16.6 Å². The number of aliphatic hydroxyl groups excluding tert-OH is 1. The first kappa shape index (κ1) is 14.6. The van der Waals surface area contributed by atoms with Crippen LogP contribution in [0.15, 0.2) is 10.3 Å². The van der Waals surface area contributed by atoms with Crippen LogP contribution in [0.2, 0.25) is 0 Å². The predicted molar refractivity (Wildman–Crippen MR) is 69.7 cm³/mol. The second kappa shape index (κ2) is 5.95. The molecule has 0 saturated heterocycles. The Morgan fingerprint density at radius 2 is 2.12 bits per heavy atom. The SMILES string of the molecule is CCCCN(C)S(=O)(=O)c1c(C)csc1CO. The van der Waals surface area contributed by atoms with Crippen LogP contribution in [0, 0.1) is 6.92 Å². The van der Waals surface area contributed by atoms with Crippen molar-refractivity contribution in [2.75, 3.05) is 13.6 Å². The summed E-state index contributed by atoms with van der Waals surface area (Å²) in [6, 6.07) is 0. The first-order valence-electron chi connectivity index (χ1n) is 5.59. The molecule has 0 bridgehead atoms. The molecule has 0 saturated carbocycles. The smallest absolute Gasteiger partial charge is 0.244 e. The number of rotatable bonds is 6. The van der Waals surface area contributed by atoms with Gasteiger partial charge in [-0.2, -0.15) is 0 Å². The maximum absolute atomic E-state index is 12.3. The maximum Gasteiger partial charge on any atom is 0.244 e. The van der Waals surface area contributed by atoms with Crippen molar-refractivity contribution in [3.63, 3.8) is 0 Å². The molecule has 1 heterocycles. The van der Waals surface area contributed by atoms with E-state index in [2.05, 4.69) is 0 Å². The van der Waals surface area contributed by atoms with Crippen LogP contribution < -0.4 is 0 Å². The molecule has 0 aliphatic carbocycles. The van der Waals surface area contributed by atoms with Crippen molar-refractivity contribution in [3.05, 3.63) is 15.8 Å². The Labute approximate surface area is 107 Å². The first-order valence-corrected chi connectivity index (χ1v) is 7.91. The lowest BCUT2D eigenvalue weighted by atomic mass is 10.3. The quantitative estimate of drug-likeness (QED) is 0.865. The average Bonchev–Trinajstić information content (AvgIpc) is 2.67. The first-order chi connectivity index (χ1) is 7.95. The van der Waals surface area contributed by atoms with Crippen LogP contribution >= 0.6 is 11.3 Å². The molecule has 6 heteroatoms. The number of unbranched alkanes of at least 4 members (excludes halogenated alkanes) is 1. The van der Waals surface area contributed by atoms with Crippen molar-refractivity contribution in [1.29, 1.82) is 0 Å². The molecule has 0 radical (unpaired) electrons. The fourth-order valence-corrected chi connectivity index (χ4v) is 4.41. The Morgan fingerprint density at radius 3 is 2.65 bits per heavy atom. The van der Waals surface area contributed by atoms with Gasteiger partial charge in [0.15, 0.2) is 0 Å². The molecule has 0 aliphatic rings. The molecule has 98 valence electrons. The van der Waals surface area contributed by atoms with Crippen molar-refractivity contribution in [3.8, 4) is 0 Å². The Balaban J connectivity index is 3.08. The monoisotopic (exact) mass is 277 g/mol. The summed E-state index contributed by atoms with van der Waals surface area (Å²) in [4.78, 5) is 0.800. The van der Waals surface area contributed by atoms with E-state index in [1.165, 1.54) is 15.6 Å². The standard InChI is InChI=1S/C11H19NO3S2/c1-4-5-6-12(3)17(14,15)11-9(2)8-16-10(11)7-13/h8,13H,4-7H2,1-3H3. The Morgan fingerprint density at radius 1 is 1.47 bits per heavy atom. The van der Waals surface area contributed by atoms with Gasteiger partial charge in [0.05, 0.1) is 11.5 Å². The minimum atomic E-state index is -3.46. The van der Waals surface area contributed by atoms with E-state index < -0.39 is 10.0 Å². The summed E-state index contributed by atoms with van der Waals surface area (Å²) in [5.74, 6) is 0. The molecule has 1 aromatic rings. The van der Waals surface area contributed by atoms with Gasteiger partial charge < -0.3 is 5.11 Å². The van der Waals surface area contributed by atoms with Crippen molar-refractivity contribution in [1.82, 2.24) is 4.31 Å². The fraction of sp³-hybridized carbons (Fsp3) is 0.636. The summed E-state index contributed by atoms with van der Waals surface area (Å²) in [5.41, 5.74) is 0.711. The molecule has 17 heavy (non-hydrogen) atoms. The van der Waals surface area contributed by atoms with E-state index in [0.717, 1.165) is 12.8 Å². The Bertz CT molecular complexity index is 465. The second-order valence-electron chi connectivity index (χ2n) is 4.01. The van der Waals surface area contributed by atoms with Crippen molar-refractivity contribution < 1.29 is 13.5 Å². The van der Waals surface area contributed by atoms with E-state index in [4.69, 9.17) is 0 Å². The molecular weight excluding hydrogens is 258 g/mol. The highest BCUT2D eigenvalue weighted by molar-refractivity contribution is 7.89. The molecule has 1 N–H and O–H groups in total. The van der Waals surface area contributed by atoms with Crippen LogP contribution in [-0.4, -0.2) is 31.4 Å². The van der Waals surface area contributed by atoms with Gasteiger partial charge >= 0.3 is 0 Å². The third-order valence-corrected chi connectivity index (χ3v) is 5.93. The third-order valence-electron chi connectivity index (χ3n) is 2.63. The number of aliphatic hydroxyl groups is 1. The lowest BCUT2D eigenvalue weighted by Gasteiger charge is -2.17. The lowest BCUT2D eigenvalue weighted by molar-refractivity contribution is 0.282. The van der Waals surface area contributed by atoms with E-state index in [1.807, 2.05) is 6.92 Å². The van der Waals surface area contributed by atoms with Crippen LogP contribution in [0.1, 0.15) is 30.2 Å². The number of aryl methyl sites for hydroxylation is 1. The molecule has 0 aliphatic heterocycles. The van der Waals surface area contributed by atoms with Gasteiger partial charge in [0, 0.05) is 13.6 Å². The third kappa shape index (κ3) is 3.07. The van der Waals surface area contributed by atoms with Crippen LogP contribution in [0.25, 0.3) is 0 Å². The highest BCUT2D eigenvalue weighted by Crippen LogP contribution is 2.29. The van der Waals surface area contributed by atoms with Crippen molar-refractivity contribution >= 4 is 21.4 Å². The summed E-state index contributed by atoms with van der Waals surface area (Å²) in [5, 5.41) is 11.0. The highest BCUT2D eigenvalue weighted by Gasteiger charge is 2.26. The van der Waals surface area contributed by atoms with E-state index in [1.54, 1.807) is 19.4 Å². The van der Waals surface area contributed by atoms with Gasteiger partial charge in [0.1, 0.15) is 4.90 Å². The van der Waals surface area contributed by atoms with E-state index in [-0.39, 0.29) is 11.5 Å². The van der Waals surface area contributed by atoms with Gasteiger partial charge in [-0.1, -0.05) is 13.3 Å². The fourth-order valence-electron chi connectivity index (χ4n) is 1.60. The number of sulfonamides is 1. The summed E-state index contributed by atoms with van der Waals surface area (Å²) in [6.07, 6.45) is 1.79. The summed E-state index contributed by atoms with van der Waals surface area (Å²) in [7, 11) is -1.87. The zero-order chi connectivity index (χ0) is 13.1. The summed E-state index contributed by atoms with van der Waals surface area (Å²) >= 11 is 1.29. The van der Waals surface area contributed by atoms with Gasteiger partial charge in [-0.15, -0.1) is 11.3 Å². The number of hydrogen-bond donors (Lipinski definition) is 1. The highest BCUT2D eigenvalue weighted by atomic mass is 32.2. The number of thiophene rings is 1. The minimum Gasteiger partial charge on any atom is -0.391 e. The van der Waals surface area contributed by atoms with Crippen LogP contribution in [0.3, 0.4) is 0 Å². The predicted octanol–water partition coefficient (Wildman–Crippen LogP) is 1.97. The average molecular weight is 277 g/mol. The molecule has 0 unspecified atom stereocenters. The van der Waals surface area contributed by atoms with Crippen molar-refractivity contribution in [2.24, 2.45) is 0 Å². The van der Waals surface area contributed by atoms with Crippen LogP contribution in [0.4, 0.5) is 0 Å². The second-order valence-corrected chi connectivity index (χ2v) is 6.96. The molecule has 1 aromatic heterocycles. The van der Waals surface area contributed by atoms with Gasteiger partial charge in [0.25, 0.3) is 0 Å². The molecule has 0 amide bonds. The van der Waals surface area contributed by atoms with E-state index in [0.29, 0.717) is 17.0 Å². The minimum absolute atomic E-state index is 0.227. The van der Waals surface area contributed by atoms with Gasteiger partial charge in [-0.25, -0.2) is 12.7 Å². The van der Waals surface area contributed by atoms with E-state index >= 15 is 0 Å². The summed E-state index contributed by atoms with van der Waals surface area (Å²) < 4.78 is 26.0. The molecule has 0 aromatic carbocycles. The molecule has 0 spiro atoms. The molecule has 0 fully saturated rings. The Hall–Kier alpha value is -0.430. The van der Waals surface area contributed by atoms with Crippen molar-refractivity contribution in [2.45, 2.75) is 38.2 Å². The zero-order valence-corrected chi connectivity index (χ0v) is 12.1. The van der Waals surface area contributed by atoms with Gasteiger partial charge in [-0.05, 0) is 24.3 Å². The summed E-state index contributed by atoms with van der Waals surface area (Å²) in [6.45, 7) is 4.07. The van der Waals surface area contributed by atoms with Crippen LogP contribution in [0.5, 0.6) is 0 Å². The normalized spacial score (nSPS) is 12.3. The zero-order valence-electron chi connectivity index (χ0n) is 10.4. The largest absolute Gasteiger partial charge is 0.391 e. The molecule has 1 rings (SSSR count). The maximum atomic E-state index is 12.3. The van der Waals surface area contributed by atoms with Gasteiger partial charge in [0.2, 0.25) is 10.0 Å².